The second-order valence-electron chi connectivity index (χ2n) is 6.16. The molecule has 0 bridgehead atoms. The van der Waals surface area contributed by atoms with Gasteiger partial charge < -0.3 is 14.5 Å². The summed E-state index contributed by atoms with van der Waals surface area (Å²) >= 11 is 0. The number of ether oxygens (including phenoxy) is 1. The molecule has 0 N–H and O–H groups in total. The van der Waals surface area contributed by atoms with Crippen molar-refractivity contribution in [1.82, 2.24) is 4.90 Å². The Morgan fingerprint density at radius 3 is 3.09 bits per heavy atom. The third-order valence-electron chi connectivity index (χ3n) is 4.73. The van der Waals surface area contributed by atoms with Gasteiger partial charge in [-0.05, 0) is 37.8 Å². The Bertz CT molecular complexity index is 600. The molecule has 0 saturated carbocycles. The molecule has 1 aromatic rings. The van der Waals surface area contributed by atoms with Crippen LogP contribution < -0.4 is 4.74 Å². The second kappa shape index (κ2) is 7.02. The van der Waals surface area contributed by atoms with Crippen LogP contribution in [0.5, 0.6) is 5.75 Å². The Hall–Kier alpha value is -2.04. The van der Waals surface area contributed by atoms with Gasteiger partial charge in [0.2, 0.25) is 6.10 Å². The molecule has 1 fully saturated rings. The van der Waals surface area contributed by atoms with E-state index in [0.29, 0.717) is 12.5 Å². The smallest absolute Gasteiger partial charge is 0.267 e. The highest BCUT2D eigenvalue weighted by molar-refractivity contribution is 6.04. The molecule has 1 aromatic carbocycles. The molecule has 5 nitrogen and oxygen atoms in total. The SMILES string of the molecule is CC[C@H]1CCCCN1C(=O)[C@@H]1CC(c2cccc(OC)c2)=NO1. The van der Waals surface area contributed by atoms with Gasteiger partial charge in [0.1, 0.15) is 5.75 Å². The number of benzene rings is 1. The highest BCUT2D eigenvalue weighted by Crippen LogP contribution is 2.25. The van der Waals surface area contributed by atoms with Crippen LogP contribution in [0.15, 0.2) is 29.4 Å². The summed E-state index contributed by atoms with van der Waals surface area (Å²) < 4.78 is 5.24. The summed E-state index contributed by atoms with van der Waals surface area (Å²) in [5, 5.41) is 4.14. The zero-order chi connectivity index (χ0) is 16.2. The number of methoxy groups -OCH3 is 1. The first-order valence-electron chi connectivity index (χ1n) is 8.40. The predicted octanol–water partition coefficient (Wildman–Crippen LogP) is 2.98. The van der Waals surface area contributed by atoms with Gasteiger partial charge in [0.05, 0.1) is 12.8 Å². The van der Waals surface area contributed by atoms with Crippen LogP contribution in [0.3, 0.4) is 0 Å². The van der Waals surface area contributed by atoms with Crippen LogP contribution >= 0.6 is 0 Å². The number of nitrogens with zero attached hydrogens (tertiary/aromatic N) is 2. The molecule has 23 heavy (non-hydrogen) atoms. The van der Waals surface area contributed by atoms with E-state index in [0.717, 1.165) is 42.8 Å². The minimum atomic E-state index is -0.483. The quantitative estimate of drug-likeness (QED) is 0.858. The number of likely N-dealkylation sites (tertiary alicyclic amines) is 1. The molecular formula is C18H24N2O3. The fourth-order valence-corrected chi connectivity index (χ4v) is 3.38. The van der Waals surface area contributed by atoms with Gasteiger partial charge in [0.25, 0.3) is 5.91 Å². The number of piperidine rings is 1. The highest BCUT2D eigenvalue weighted by atomic mass is 16.6. The van der Waals surface area contributed by atoms with E-state index < -0.39 is 6.10 Å². The molecule has 124 valence electrons. The average molecular weight is 316 g/mol. The fraction of sp³-hybridized carbons (Fsp3) is 0.556. The molecule has 0 radical (unpaired) electrons. The number of hydrogen-bond acceptors (Lipinski definition) is 4. The Labute approximate surface area is 137 Å². The van der Waals surface area contributed by atoms with Crippen LogP contribution in [0.25, 0.3) is 0 Å². The van der Waals surface area contributed by atoms with Crippen LogP contribution in [-0.4, -0.2) is 42.3 Å². The summed E-state index contributed by atoms with van der Waals surface area (Å²) in [6.07, 6.45) is 4.43. The maximum atomic E-state index is 12.8. The van der Waals surface area contributed by atoms with Crippen molar-refractivity contribution in [3.05, 3.63) is 29.8 Å². The van der Waals surface area contributed by atoms with Crippen molar-refractivity contribution in [3.63, 3.8) is 0 Å². The third kappa shape index (κ3) is 3.33. The van der Waals surface area contributed by atoms with Crippen molar-refractivity contribution in [2.24, 2.45) is 5.16 Å². The summed E-state index contributed by atoms with van der Waals surface area (Å²) in [4.78, 5) is 20.2. The summed E-state index contributed by atoms with van der Waals surface area (Å²) in [5.41, 5.74) is 1.76. The summed E-state index contributed by atoms with van der Waals surface area (Å²) in [5.74, 6) is 0.861. The van der Waals surface area contributed by atoms with E-state index in [9.17, 15) is 4.79 Å². The van der Waals surface area contributed by atoms with Crippen molar-refractivity contribution in [2.75, 3.05) is 13.7 Å². The molecule has 0 aromatic heterocycles. The van der Waals surface area contributed by atoms with Gasteiger partial charge in [-0.15, -0.1) is 0 Å². The molecule has 2 aliphatic heterocycles. The Morgan fingerprint density at radius 1 is 1.43 bits per heavy atom. The lowest BCUT2D eigenvalue weighted by molar-refractivity contribution is -0.146. The Morgan fingerprint density at radius 2 is 2.30 bits per heavy atom. The predicted molar refractivity (Wildman–Crippen MR) is 88.7 cm³/mol. The highest BCUT2D eigenvalue weighted by Gasteiger charge is 2.35. The first kappa shape index (κ1) is 15.8. The number of hydrogen-bond donors (Lipinski definition) is 0. The lowest BCUT2D eigenvalue weighted by atomic mass is 9.98. The topological polar surface area (TPSA) is 51.1 Å². The van der Waals surface area contributed by atoms with Gasteiger partial charge in [0, 0.05) is 24.6 Å². The van der Waals surface area contributed by atoms with Gasteiger partial charge in [-0.1, -0.05) is 24.2 Å². The van der Waals surface area contributed by atoms with Crippen LogP contribution in [0.1, 0.15) is 44.6 Å². The van der Waals surface area contributed by atoms with Gasteiger partial charge in [-0.3, -0.25) is 4.79 Å². The number of amides is 1. The van der Waals surface area contributed by atoms with E-state index in [2.05, 4.69) is 12.1 Å². The minimum Gasteiger partial charge on any atom is -0.497 e. The van der Waals surface area contributed by atoms with Crippen LogP contribution in [0.4, 0.5) is 0 Å². The summed E-state index contributed by atoms with van der Waals surface area (Å²) in [6, 6.07) is 8.05. The lowest BCUT2D eigenvalue weighted by Crippen LogP contribution is -2.48. The van der Waals surface area contributed by atoms with E-state index in [1.807, 2.05) is 29.2 Å². The van der Waals surface area contributed by atoms with Crippen LogP contribution in [0, 0.1) is 0 Å². The zero-order valence-corrected chi connectivity index (χ0v) is 13.8. The van der Waals surface area contributed by atoms with Gasteiger partial charge >= 0.3 is 0 Å². The standard InChI is InChI=1S/C18H24N2O3/c1-3-14-8-4-5-10-20(14)18(21)17-12-16(19-23-17)13-7-6-9-15(11-13)22-2/h6-7,9,11,14,17H,3-5,8,10,12H2,1-2H3/t14-,17-/m0/s1. The normalized spacial score (nSPS) is 24.1. The minimum absolute atomic E-state index is 0.0817. The van der Waals surface area contributed by atoms with E-state index in [4.69, 9.17) is 9.57 Å². The number of carbonyl (C=O) groups excluding carboxylic acids is 1. The van der Waals surface area contributed by atoms with E-state index in [-0.39, 0.29) is 5.91 Å². The molecule has 3 rings (SSSR count). The molecule has 1 saturated heterocycles. The van der Waals surface area contributed by atoms with E-state index in [1.54, 1.807) is 7.11 Å². The van der Waals surface area contributed by atoms with Gasteiger partial charge in [0.15, 0.2) is 0 Å². The number of oxime groups is 1. The van der Waals surface area contributed by atoms with Crippen molar-refractivity contribution < 1.29 is 14.4 Å². The van der Waals surface area contributed by atoms with Crippen molar-refractivity contribution >= 4 is 11.6 Å². The zero-order valence-electron chi connectivity index (χ0n) is 13.8. The van der Waals surface area contributed by atoms with Gasteiger partial charge in [-0.2, -0.15) is 0 Å². The number of rotatable bonds is 4. The van der Waals surface area contributed by atoms with Crippen molar-refractivity contribution in [2.45, 2.75) is 51.2 Å². The maximum Gasteiger partial charge on any atom is 0.267 e. The molecule has 1 amide bonds. The molecule has 0 unspecified atom stereocenters. The monoisotopic (exact) mass is 316 g/mol. The summed E-state index contributed by atoms with van der Waals surface area (Å²) in [6.45, 7) is 2.98. The first-order chi connectivity index (χ1) is 11.2. The summed E-state index contributed by atoms with van der Waals surface area (Å²) in [7, 11) is 1.64. The second-order valence-corrected chi connectivity index (χ2v) is 6.16. The van der Waals surface area contributed by atoms with Crippen LogP contribution in [0.2, 0.25) is 0 Å². The molecule has 2 atom stereocenters. The lowest BCUT2D eigenvalue weighted by Gasteiger charge is -2.36. The van der Waals surface area contributed by atoms with Crippen LogP contribution in [-0.2, 0) is 9.63 Å². The Balaban J connectivity index is 1.67. The van der Waals surface area contributed by atoms with Gasteiger partial charge in [-0.25, -0.2) is 0 Å². The molecular weight excluding hydrogens is 292 g/mol. The van der Waals surface area contributed by atoms with Crippen molar-refractivity contribution in [3.8, 4) is 5.75 Å². The molecule has 0 aliphatic carbocycles. The van der Waals surface area contributed by atoms with Crippen molar-refractivity contribution in [1.29, 1.82) is 0 Å². The molecule has 2 heterocycles. The average Bonchev–Trinajstić information content (AvgIpc) is 3.11. The van der Waals surface area contributed by atoms with E-state index in [1.165, 1.54) is 6.42 Å². The maximum absolute atomic E-state index is 12.8. The molecule has 2 aliphatic rings. The number of carbonyl (C=O) groups is 1. The molecule has 5 heteroatoms. The third-order valence-corrected chi connectivity index (χ3v) is 4.73. The largest absolute Gasteiger partial charge is 0.497 e. The Kier molecular flexibility index (Phi) is 4.84. The first-order valence-corrected chi connectivity index (χ1v) is 8.40. The van der Waals surface area contributed by atoms with E-state index >= 15 is 0 Å². The molecule has 0 spiro atoms. The fourth-order valence-electron chi connectivity index (χ4n) is 3.38.